The van der Waals surface area contributed by atoms with Gasteiger partial charge in [0.1, 0.15) is 0 Å². The fourth-order valence-electron chi connectivity index (χ4n) is 3.74. The predicted molar refractivity (Wildman–Crippen MR) is 130 cm³/mol. The third-order valence-electron chi connectivity index (χ3n) is 5.28. The fraction of sp³-hybridized carbons (Fsp3) is 0.0385. The van der Waals surface area contributed by atoms with E-state index in [4.69, 9.17) is 23.2 Å². The summed E-state index contributed by atoms with van der Waals surface area (Å²) in [4.78, 5) is 8.87. The predicted octanol–water partition coefficient (Wildman–Crippen LogP) is 7.30. The number of aromatic nitrogens is 2. The van der Waals surface area contributed by atoms with E-state index >= 15 is 0 Å². The lowest BCUT2D eigenvalue weighted by atomic mass is 9.97. The van der Waals surface area contributed by atoms with Gasteiger partial charge in [0.05, 0.1) is 11.0 Å². The van der Waals surface area contributed by atoms with E-state index in [2.05, 4.69) is 46.0 Å². The molecule has 3 nitrogen and oxygen atoms in total. The highest BCUT2D eigenvalue weighted by atomic mass is 35.5. The van der Waals surface area contributed by atoms with Crippen molar-refractivity contribution in [2.45, 2.75) is 6.54 Å². The van der Waals surface area contributed by atoms with Crippen molar-refractivity contribution in [3.05, 3.63) is 118 Å². The van der Waals surface area contributed by atoms with E-state index in [1.807, 2.05) is 54.7 Å². The number of anilines is 1. The van der Waals surface area contributed by atoms with Gasteiger partial charge < -0.3 is 5.32 Å². The molecule has 151 valence electrons. The van der Waals surface area contributed by atoms with Crippen molar-refractivity contribution in [3.63, 3.8) is 0 Å². The molecule has 1 N–H and O–H groups in total. The summed E-state index contributed by atoms with van der Waals surface area (Å²) < 4.78 is 0. The molecule has 0 unspecified atom stereocenters. The van der Waals surface area contributed by atoms with E-state index in [-0.39, 0.29) is 0 Å². The van der Waals surface area contributed by atoms with Crippen molar-refractivity contribution in [2.75, 3.05) is 5.32 Å². The molecule has 0 amide bonds. The molecule has 5 rings (SSSR count). The number of pyridine rings is 2. The second-order valence-corrected chi connectivity index (χ2v) is 8.15. The SMILES string of the molecule is Clc1ccc2c([CH]c3ccccc3CNc3ccnc4cc(Cl)ccc34)ccnc2c1. The Morgan fingerprint density at radius 3 is 2.19 bits per heavy atom. The number of benzene rings is 3. The number of hydrogen-bond acceptors (Lipinski definition) is 3. The minimum atomic E-state index is 0.683. The van der Waals surface area contributed by atoms with Gasteiger partial charge in [-0.05, 0) is 59.2 Å². The van der Waals surface area contributed by atoms with Crippen molar-refractivity contribution in [3.8, 4) is 0 Å². The Kier molecular flexibility index (Phi) is 5.46. The molecule has 0 bridgehead atoms. The molecule has 3 aromatic carbocycles. The minimum Gasteiger partial charge on any atom is -0.380 e. The van der Waals surface area contributed by atoms with Gasteiger partial charge in [-0.1, -0.05) is 53.5 Å². The van der Waals surface area contributed by atoms with Crippen LogP contribution in [0.1, 0.15) is 16.7 Å². The van der Waals surface area contributed by atoms with Crippen molar-refractivity contribution < 1.29 is 0 Å². The molecule has 0 saturated heterocycles. The third kappa shape index (κ3) is 4.20. The van der Waals surface area contributed by atoms with Crippen LogP contribution in [0.15, 0.2) is 85.2 Å². The van der Waals surface area contributed by atoms with Crippen molar-refractivity contribution in [2.24, 2.45) is 0 Å². The smallest absolute Gasteiger partial charge is 0.0737 e. The summed E-state index contributed by atoms with van der Waals surface area (Å²) in [6, 6.07) is 24.0. The van der Waals surface area contributed by atoms with E-state index in [0.29, 0.717) is 16.6 Å². The lowest BCUT2D eigenvalue weighted by molar-refractivity contribution is 1.13. The molecule has 5 heteroatoms. The van der Waals surface area contributed by atoms with Gasteiger partial charge in [0.25, 0.3) is 0 Å². The number of hydrogen-bond donors (Lipinski definition) is 1. The largest absolute Gasteiger partial charge is 0.380 e. The molecule has 5 aromatic rings. The first-order valence-corrected chi connectivity index (χ1v) is 10.7. The molecule has 0 aliphatic carbocycles. The van der Waals surface area contributed by atoms with Crippen LogP contribution in [-0.2, 0) is 6.54 Å². The van der Waals surface area contributed by atoms with E-state index in [9.17, 15) is 0 Å². The Hall–Kier alpha value is -3.14. The second kappa shape index (κ2) is 8.54. The van der Waals surface area contributed by atoms with Crippen LogP contribution in [0.3, 0.4) is 0 Å². The van der Waals surface area contributed by atoms with E-state index in [1.165, 1.54) is 5.56 Å². The zero-order valence-corrected chi connectivity index (χ0v) is 18.0. The van der Waals surface area contributed by atoms with Crippen LogP contribution < -0.4 is 5.32 Å². The zero-order chi connectivity index (χ0) is 21.2. The second-order valence-electron chi connectivity index (χ2n) is 7.28. The highest BCUT2D eigenvalue weighted by Crippen LogP contribution is 2.27. The highest BCUT2D eigenvalue weighted by molar-refractivity contribution is 6.31. The maximum atomic E-state index is 6.14. The Balaban J connectivity index is 1.43. The summed E-state index contributed by atoms with van der Waals surface area (Å²) in [6.07, 6.45) is 5.81. The third-order valence-corrected chi connectivity index (χ3v) is 5.75. The minimum absolute atomic E-state index is 0.683. The zero-order valence-electron chi connectivity index (χ0n) is 16.5. The molecule has 0 fully saturated rings. The first-order chi connectivity index (χ1) is 15.2. The lowest BCUT2D eigenvalue weighted by Gasteiger charge is -2.14. The Morgan fingerprint density at radius 1 is 0.710 bits per heavy atom. The summed E-state index contributed by atoms with van der Waals surface area (Å²) in [7, 11) is 0. The van der Waals surface area contributed by atoms with Crippen LogP contribution in [0, 0.1) is 6.42 Å². The topological polar surface area (TPSA) is 37.8 Å². The first-order valence-electron chi connectivity index (χ1n) is 9.92. The summed E-state index contributed by atoms with van der Waals surface area (Å²) in [6.45, 7) is 0.684. The summed E-state index contributed by atoms with van der Waals surface area (Å²) in [5.74, 6) is 0. The summed E-state index contributed by atoms with van der Waals surface area (Å²) in [5, 5.41) is 7.05. The molecule has 2 aromatic heterocycles. The average molecular weight is 443 g/mol. The number of rotatable bonds is 5. The Labute approximate surface area is 190 Å². The monoisotopic (exact) mass is 442 g/mol. The molecule has 0 atom stereocenters. The van der Waals surface area contributed by atoms with Crippen LogP contribution >= 0.6 is 23.2 Å². The van der Waals surface area contributed by atoms with Gasteiger partial charge in [0.2, 0.25) is 0 Å². The molecule has 0 saturated carbocycles. The average Bonchev–Trinajstić information content (AvgIpc) is 2.78. The summed E-state index contributed by atoms with van der Waals surface area (Å²) in [5.41, 5.74) is 6.25. The Bertz CT molecular complexity index is 1400. The van der Waals surface area contributed by atoms with Gasteiger partial charge in [-0.3, -0.25) is 9.97 Å². The van der Waals surface area contributed by atoms with Gasteiger partial charge >= 0.3 is 0 Å². The number of nitrogens with zero attached hydrogens (tertiary/aromatic N) is 2. The lowest BCUT2D eigenvalue weighted by Crippen LogP contribution is -2.03. The van der Waals surface area contributed by atoms with Crippen LogP contribution in [0.25, 0.3) is 21.8 Å². The quantitative estimate of drug-likeness (QED) is 0.310. The molecule has 0 aliphatic heterocycles. The van der Waals surface area contributed by atoms with Gasteiger partial charge in [-0.25, -0.2) is 0 Å². The van der Waals surface area contributed by atoms with Crippen molar-refractivity contribution in [1.82, 2.24) is 9.97 Å². The van der Waals surface area contributed by atoms with Crippen molar-refractivity contribution in [1.29, 1.82) is 0 Å². The van der Waals surface area contributed by atoms with E-state index < -0.39 is 0 Å². The van der Waals surface area contributed by atoms with Gasteiger partial charge in [-0.15, -0.1) is 0 Å². The maximum Gasteiger partial charge on any atom is 0.0737 e. The van der Waals surface area contributed by atoms with Crippen LogP contribution in [0.5, 0.6) is 0 Å². The summed E-state index contributed by atoms with van der Waals surface area (Å²) >= 11 is 12.3. The molecule has 0 spiro atoms. The highest BCUT2D eigenvalue weighted by Gasteiger charge is 2.09. The van der Waals surface area contributed by atoms with Gasteiger partial charge in [0, 0.05) is 51.9 Å². The standard InChI is InChI=1S/C26H18Cl2N3/c27-20-5-7-22-18(9-11-29-25(22)14-20)13-17-3-1-2-4-19(17)16-31-24-10-12-30-26-15-21(28)6-8-23(24)26/h1-15H,16H2,(H,30,31). The van der Waals surface area contributed by atoms with Crippen LogP contribution in [0.4, 0.5) is 5.69 Å². The number of nitrogens with one attached hydrogen (secondary N) is 1. The Morgan fingerprint density at radius 2 is 1.39 bits per heavy atom. The fourth-order valence-corrected chi connectivity index (χ4v) is 4.07. The molecule has 1 radical (unpaired) electrons. The normalized spacial score (nSPS) is 11.2. The van der Waals surface area contributed by atoms with E-state index in [0.717, 1.165) is 38.6 Å². The molecule has 0 aliphatic rings. The number of halogens is 2. The molecular formula is C26H18Cl2N3. The van der Waals surface area contributed by atoms with Crippen LogP contribution in [0.2, 0.25) is 10.0 Å². The van der Waals surface area contributed by atoms with Crippen LogP contribution in [-0.4, -0.2) is 9.97 Å². The van der Waals surface area contributed by atoms with E-state index in [1.54, 1.807) is 6.20 Å². The number of fused-ring (bicyclic) bond motifs is 2. The first kappa shape index (κ1) is 19.8. The maximum absolute atomic E-state index is 6.14. The van der Waals surface area contributed by atoms with Gasteiger partial charge in [-0.2, -0.15) is 0 Å². The van der Waals surface area contributed by atoms with Crippen molar-refractivity contribution >= 4 is 50.7 Å². The molecular weight excluding hydrogens is 425 g/mol. The molecule has 2 heterocycles. The molecule has 31 heavy (non-hydrogen) atoms. The van der Waals surface area contributed by atoms with Gasteiger partial charge in [0.15, 0.2) is 0 Å².